The second-order valence-electron chi connectivity index (χ2n) is 25.6. The van der Waals surface area contributed by atoms with Crippen molar-refractivity contribution in [3.05, 3.63) is 191 Å². The molecule has 2 aliphatic carbocycles. The molecule has 3 heterocycles. The lowest BCUT2D eigenvalue weighted by Gasteiger charge is -2.47. The van der Waals surface area contributed by atoms with Gasteiger partial charge in [0.25, 0.3) is 6.71 Å². The van der Waals surface area contributed by atoms with Gasteiger partial charge in [0.2, 0.25) is 0 Å². The summed E-state index contributed by atoms with van der Waals surface area (Å²) in [5.74, 6) is 0. The van der Waals surface area contributed by atoms with Crippen LogP contribution in [-0.2, 0) is 27.1 Å². The number of fused-ring (bicyclic) bond motifs is 9. The second kappa shape index (κ2) is 15.7. The number of nitrogens with zero attached hydrogens (tertiary/aromatic N) is 3. The van der Waals surface area contributed by atoms with Crippen LogP contribution in [0.2, 0.25) is 0 Å². The molecule has 3 nitrogen and oxygen atoms in total. The molecule has 2 aliphatic heterocycles. The van der Waals surface area contributed by atoms with E-state index >= 15 is 0 Å². The Morgan fingerprint density at radius 2 is 1.00 bits per heavy atom. The first kappa shape index (κ1) is 46.2. The van der Waals surface area contributed by atoms with Crippen LogP contribution in [-0.4, -0.2) is 6.71 Å². The highest BCUT2D eigenvalue weighted by molar-refractivity contribution is 7.26. The summed E-state index contributed by atoms with van der Waals surface area (Å²) < 4.78 is 2.62. The molecule has 0 bridgehead atoms. The summed E-state index contributed by atoms with van der Waals surface area (Å²) in [5.41, 5.74) is 23.8. The Hall–Kier alpha value is -6.56. The van der Waals surface area contributed by atoms with Gasteiger partial charge in [-0.25, -0.2) is 0 Å². The minimum Gasteiger partial charge on any atom is -0.311 e. The minimum absolute atomic E-state index is 0.0192. The van der Waals surface area contributed by atoms with Gasteiger partial charge in [-0.15, -0.1) is 11.3 Å². The third-order valence-corrected chi connectivity index (χ3v) is 18.9. The van der Waals surface area contributed by atoms with Gasteiger partial charge in [0, 0.05) is 61.0 Å². The van der Waals surface area contributed by atoms with Gasteiger partial charge in [0.1, 0.15) is 0 Å². The summed E-state index contributed by atoms with van der Waals surface area (Å²) in [6.45, 7) is 29.4. The zero-order valence-corrected chi connectivity index (χ0v) is 45.8. The molecule has 73 heavy (non-hydrogen) atoms. The van der Waals surface area contributed by atoms with Gasteiger partial charge in [-0.1, -0.05) is 161 Å². The average Bonchev–Trinajstić information content (AvgIpc) is 3.84. The lowest BCUT2D eigenvalue weighted by atomic mass is 9.33. The molecular formula is C68H68BN3S. The number of thiophene rings is 1. The summed E-state index contributed by atoms with van der Waals surface area (Å²) >= 11 is 1.92. The molecule has 1 aromatic heterocycles. The highest BCUT2D eigenvalue weighted by atomic mass is 32.1. The van der Waals surface area contributed by atoms with Gasteiger partial charge in [0.05, 0.1) is 10.4 Å². The Morgan fingerprint density at radius 1 is 0.466 bits per heavy atom. The number of hydrogen-bond acceptors (Lipinski definition) is 4. The van der Waals surface area contributed by atoms with Gasteiger partial charge in [-0.2, -0.15) is 0 Å². The van der Waals surface area contributed by atoms with Crippen LogP contribution < -0.4 is 31.1 Å². The van der Waals surface area contributed by atoms with E-state index in [1.54, 1.807) is 0 Å². The Labute approximate surface area is 438 Å². The van der Waals surface area contributed by atoms with E-state index in [2.05, 4.69) is 256 Å². The monoisotopic (exact) mass is 970 g/mol. The van der Waals surface area contributed by atoms with Crippen LogP contribution in [0.15, 0.2) is 158 Å². The van der Waals surface area contributed by atoms with E-state index in [1.807, 2.05) is 11.3 Å². The van der Waals surface area contributed by atoms with Crippen molar-refractivity contribution < 1.29 is 0 Å². The summed E-state index contributed by atoms with van der Waals surface area (Å²) in [6, 6.07) is 60.9. The number of benzene rings is 8. The first-order valence-electron chi connectivity index (χ1n) is 26.8. The van der Waals surface area contributed by atoms with Crippen LogP contribution in [0.1, 0.15) is 129 Å². The van der Waals surface area contributed by atoms with Crippen molar-refractivity contribution in [1.29, 1.82) is 0 Å². The van der Waals surface area contributed by atoms with Gasteiger partial charge in [-0.3, -0.25) is 0 Å². The zero-order valence-electron chi connectivity index (χ0n) is 45.0. The van der Waals surface area contributed by atoms with Crippen molar-refractivity contribution in [2.75, 3.05) is 14.7 Å². The maximum atomic E-state index is 2.75. The van der Waals surface area contributed by atoms with E-state index in [0.29, 0.717) is 0 Å². The SMILES string of the molecule is Cc1cc2c(cc1N1c3cc4c(cc3B3c5ccc(N(c6ccccc6)c6ccccc6)cc5N(c5cccc6c5sc5ccccc56)c5cc(C(C)(C)C)cc1c53)C(C)(C)CC4(C)C)C(C)(C)CCC2(C)C. The summed E-state index contributed by atoms with van der Waals surface area (Å²) in [4.78, 5) is 7.86. The predicted molar refractivity (Wildman–Crippen MR) is 317 cm³/mol. The standard InChI is InChI=1S/C68H68BN3S/c1-42-34-49-51(66(7,8)33-32-65(49,5)6)39-56(42)72-58-40-52-50(67(9,10)41-68(52,11)12)38-54(58)69-53-31-30-46(70(44-22-15-13-16-23-44)45-24-17-14-18-25-45)37-57(53)71(59-35-43(64(2,3)4)36-60(72)62(59)69)55-28-21-27-48-47-26-19-20-29-61(47)73-63(48)55/h13-31,34-40H,32-33,41H2,1-12H3. The van der Waals surface area contributed by atoms with Crippen LogP contribution in [0.25, 0.3) is 20.2 Å². The summed E-state index contributed by atoms with van der Waals surface area (Å²) in [5, 5.41) is 2.61. The van der Waals surface area contributed by atoms with Crippen LogP contribution >= 0.6 is 11.3 Å². The van der Waals surface area contributed by atoms with Crippen molar-refractivity contribution in [2.45, 2.75) is 129 Å². The molecule has 0 N–H and O–H groups in total. The normalized spacial score (nSPS) is 17.5. The van der Waals surface area contributed by atoms with Crippen LogP contribution in [0.3, 0.4) is 0 Å². The first-order chi connectivity index (χ1) is 34.7. The average molecular weight is 970 g/mol. The largest absolute Gasteiger partial charge is 0.311 e. The first-order valence-corrected chi connectivity index (χ1v) is 27.6. The summed E-state index contributed by atoms with van der Waals surface area (Å²) in [7, 11) is 0. The molecule has 364 valence electrons. The predicted octanol–water partition coefficient (Wildman–Crippen LogP) is 17.5. The number of hydrogen-bond donors (Lipinski definition) is 0. The molecule has 0 unspecified atom stereocenters. The molecule has 5 heteroatoms. The van der Waals surface area contributed by atoms with Crippen molar-refractivity contribution in [1.82, 2.24) is 0 Å². The molecule has 13 rings (SSSR count). The van der Waals surface area contributed by atoms with E-state index in [9.17, 15) is 0 Å². The zero-order chi connectivity index (χ0) is 50.7. The van der Waals surface area contributed by atoms with Crippen molar-refractivity contribution in [3.63, 3.8) is 0 Å². The molecule has 0 radical (unpaired) electrons. The Kier molecular flexibility index (Phi) is 9.97. The third-order valence-electron chi connectivity index (χ3n) is 17.7. The number of aryl methyl sites for hydroxylation is 1. The van der Waals surface area contributed by atoms with E-state index in [1.165, 1.54) is 117 Å². The molecule has 0 saturated carbocycles. The van der Waals surface area contributed by atoms with Gasteiger partial charge < -0.3 is 14.7 Å². The molecule has 0 fully saturated rings. The molecule has 0 spiro atoms. The fraction of sp³-hybridized carbons (Fsp3) is 0.294. The number of anilines is 9. The molecule has 0 amide bonds. The Bertz CT molecular complexity index is 3700. The van der Waals surface area contributed by atoms with Crippen LogP contribution in [0, 0.1) is 6.92 Å². The van der Waals surface area contributed by atoms with E-state index in [4.69, 9.17) is 0 Å². The van der Waals surface area contributed by atoms with E-state index < -0.39 is 0 Å². The maximum absolute atomic E-state index is 2.75. The van der Waals surface area contributed by atoms with Crippen molar-refractivity contribution in [2.24, 2.45) is 0 Å². The second-order valence-corrected chi connectivity index (χ2v) is 26.7. The Balaban J connectivity index is 1.18. The fourth-order valence-corrected chi connectivity index (χ4v) is 15.2. The van der Waals surface area contributed by atoms with Crippen molar-refractivity contribution >= 4 is 106 Å². The highest BCUT2D eigenvalue weighted by Gasteiger charge is 2.49. The fourth-order valence-electron chi connectivity index (χ4n) is 14.0. The van der Waals surface area contributed by atoms with Crippen LogP contribution in [0.4, 0.5) is 51.2 Å². The lowest BCUT2D eigenvalue weighted by molar-refractivity contribution is 0.332. The quantitative estimate of drug-likeness (QED) is 0.159. The lowest BCUT2D eigenvalue weighted by Crippen LogP contribution is -2.61. The number of rotatable bonds is 5. The van der Waals surface area contributed by atoms with Crippen LogP contribution in [0.5, 0.6) is 0 Å². The third kappa shape index (κ3) is 6.97. The molecule has 0 atom stereocenters. The molecule has 8 aromatic carbocycles. The number of para-hydroxylation sites is 2. The molecule has 9 aromatic rings. The topological polar surface area (TPSA) is 9.72 Å². The Morgan fingerprint density at radius 3 is 1.64 bits per heavy atom. The van der Waals surface area contributed by atoms with E-state index in [0.717, 1.165) is 23.5 Å². The van der Waals surface area contributed by atoms with Crippen molar-refractivity contribution in [3.8, 4) is 0 Å². The molecule has 0 saturated heterocycles. The highest BCUT2D eigenvalue weighted by Crippen LogP contribution is 2.56. The van der Waals surface area contributed by atoms with Gasteiger partial charge in [0.15, 0.2) is 0 Å². The maximum Gasteiger partial charge on any atom is 0.252 e. The van der Waals surface area contributed by atoms with Gasteiger partial charge in [-0.05, 0) is 176 Å². The van der Waals surface area contributed by atoms with E-state index in [-0.39, 0.29) is 33.8 Å². The molecule has 4 aliphatic rings. The van der Waals surface area contributed by atoms with Gasteiger partial charge >= 0.3 is 0 Å². The molecular weight excluding hydrogens is 902 g/mol. The smallest absolute Gasteiger partial charge is 0.252 e. The minimum atomic E-state index is -0.150. The summed E-state index contributed by atoms with van der Waals surface area (Å²) in [6.07, 6.45) is 3.47.